The van der Waals surface area contributed by atoms with E-state index >= 15 is 0 Å². The number of halogens is 2. The molecule has 2 aromatic carbocycles. The molecular weight excluding hydrogens is 481 g/mol. The normalized spacial score (nSPS) is 11.0. The lowest BCUT2D eigenvalue weighted by molar-refractivity contribution is -0.116. The lowest BCUT2D eigenvalue weighted by Gasteiger charge is -2.09. The second kappa shape index (κ2) is 11.5. The van der Waals surface area contributed by atoms with E-state index in [1.807, 2.05) is 35.8 Å². The third-order valence-electron chi connectivity index (χ3n) is 4.83. The largest absolute Gasteiger partial charge is 0.326 e. The van der Waals surface area contributed by atoms with Crippen molar-refractivity contribution in [1.82, 2.24) is 14.8 Å². The van der Waals surface area contributed by atoms with Crippen molar-refractivity contribution < 1.29 is 9.59 Å². The Labute approximate surface area is 207 Å². The summed E-state index contributed by atoms with van der Waals surface area (Å²) in [6.07, 6.45) is 0.0377. The first-order chi connectivity index (χ1) is 15.8. The number of anilines is 2. The molecule has 0 aliphatic rings. The molecule has 3 rings (SSSR count). The van der Waals surface area contributed by atoms with Crippen molar-refractivity contribution in [1.29, 1.82) is 0 Å². The Morgan fingerprint density at radius 1 is 0.970 bits per heavy atom. The van der Waals surface area contributed by atoms with Gasteiger partial charge in [-0.25, -0.2) is 0 Å². The molecular formula is C23H25Cl2N5O2S. The lowest BCUT2D eigenvalue weighted by Crippen LogP contribution is -2.18. The van der Waals surface area contributed by atoms with Crippen molar-refractivity contribution in [2.75, 3.05) is 16.4 Å². The van der Waals surface area contributed by atoms with E-state index in [0.29, 0.717) is 39.2 Å². The molecule has 2 N–H and O–H groups in total. The number of nitrogens with zero attached hydrogens (tertiary/aromatic N) is 3. The highest BCUT2D eigenvalue weighted by molar-refractivity contribution is 7.99. The summed E-state index contributed by atoms with van der Waals surface area (Å²) < 4.78 is 1.82. The smallest absolute Gasteiger partial charge is 0.234 e. The Morgan fingerprint density at radius 2 is 1.64 bits per heavy atom. The summed E-state index contributed by atoms with van der Waals surface area (Å²) >= 11 is 13.2. The fourth-order valence-electron chi connectivity index (χ4n) is 3.08. The molecule has 0 aliphatic heterocycles. The standard InChI is InChI=1S/C23H25Cl2N5O2S/c1-4-30-20(12-21(31)27-17-9-10-18(24)19(25)11-17)28-29-23(30)33-13-22(32)26-16-7-5-15(6-8-16)14(2)3/h5-11,14H,4,12-13H2,1-3H3,(H,26,32)(H,27,31). The average molecular weight is 506 g/mol. The van der Waals surface area contributed by atoms with Crippen molar-refractivity contribution in [3.8, 4) is 0 Å². The maximum absolute atomic E-state index is 12.5. The third-order valence-corrected chi connectivity index (χ3v) is 6.53. The van der Waals surface area contributed by atoms with Crippen LogP contribution in [0.4, 0.5) is 11.4 Å². The summed E-state index contributed by atoms with van der Waals surface area (Å²) in [6.45, 7) is 6.76. The fourth-order valence-corrected chi connectivity index (χ4v) is 4.19. The van der Waals surface area contributed by atoms with Crippen LogP contribution < -0.4 is 10.6 Å². The second-order valence-corrected chi connectivity index (χ2v) is 9.37. The van der Waals surface area contributed by atoms with E-state index < -0.39 is 0 Å². The molecule has 1 aromatic heterocycles. The molecule has 0 aliphatic carbocycles. The molecule has 0 bridgehead atoms. The molecule has 10 heteroatoms. The number of nitrogens with one attached hydrogen (secondary N) is 2. The molecule has 0 radical (unpaired) electrons. The van der Waals surface area contributed by atoms with Gasteiger partial charge in [-0.1, -0.05) is 60.9 Å². The first-order valence-corrected chi connectivity index (χ1v) is 12.2. The van der Waals surface area contributed by atoms with E-state index in [1.54, 1.807) is 18.2 Å². The number of hydrogen-bond acceptors (Lipinski definition) is 5. The number of benzene rings is 2. The van der Waals surface area contributed by atoms with Crippen LogP contribution in [0.1, 0.15) is 38.1 Å². The highest BCUT2D eigenvalue weighted by Crippen LogP contribution is 2.25. The Kier molecular flexibility index (Phi) is 8.77. The second-order valence-electron chi connectivity index (χ2n) is 7.61. The fraction of sp³-hybridized carbons (Fsp3) is 0.304. The number of aromatic nitrogens is 3. The predicted molar refractivity (Wildman–Crippen MR) is 134 cm³/mol. The topological polar surface area (TPSA) is 88.9 Å². The van der Waals surface area contributed by atoms with Gasteiger partial charge in [-0.05, 0) is 48.7 Å². The molecule has 0 fully saturated rings. The minimum absolute atomic E-state index is 0.0377. The molecule has 1 heterocycles. The van der Waals surface area contributed by atoms with Crippen LogP contribution in [0.3, 0.4) is 0 Å². The van der Waals surface area contributed by atoms with Crippen LogP contribution in [-0.2, 0) is 22.6 Å². The molecule has 2 amide bonds. The van der Waals surface area contributed by atoms with E-state index in [-0.39, 0.29) is 24.0 Å². The molecule has 174 valence electrons. The number of hydrogen-bond donors (Lipinski definition) is 2. The lowest BCUT2D eigenvalue weighted by atomic mass is 10.0. The average Bonchev–Trinajstić information content (AvgIpc) is 3.16. The molecule has 3 aromatic rings. The maximum Gasteiger partial charge on any atom is 0.234 e. The highest BCUT2D eigenvalue weighted by Gasteiger charge is 2.16. The van der Waals surface area contributed by atoms with Gasteiger partial charge in [-0.2, -0.15) is 0 Å². The zero-order chi connectivity index (χ0) is 24.0. The SMILES string of the molecule is CCn1c(CC(=O)Nc2ccc(Cl)c(Cl)c2)nnc1SCC(=O)Nc1ccc(C(C)C)cc1. The molecule has 33 heavy (non-hydrogen) atoms. The zero-order valence-electron chi connectivity index (χ0n) is 18.6. The molecule has 0 unspecified atom stereocenters. The van der Waals surface area contributed by atoms with E-state index in [4.69, 9.17) is 23.2 Å². The van der Waals surface area contributed by atoms with Crippen molar-refractivity contribution in [3.63, 3.8) is 0 Å². The van der Waals surface area contributed by atoms with Crippen LogP contribution in [0.15, 0.2) is 47.6 Å². The molecule has 0 atom stereocenters. The van der Waals surface area contributed by atoms with Gasteiger partial charge >= 0.3 is 0 Å². The monoisotopic (exact) mass is 505 g/mol. The van der Waals surface area contributed by atoms with Crippen molar-refractivity contribution >= 4 is 58.2 Å². The van der Waals surface area contributed by atoms with Crippen molar-refractivity contribution in [3.05, 3.63) is 63.9 Å². The number of carbonyl (C=O) groups excluding carboxylic acids is 2. The van der Waals surface area contributed by atoms with Gasteiger partial charge in [0.2, 0.25) is 11.8 Å². The predicted octanol–water partition coefficient (Wildman–Crippen LogP) is 5.64. The van der Waals surface area contributed by atoms with Gasteiger partial charge in [0.25, 0.3) is 0 Å². The molecule has 0 saturated carbocycles. The number of amides is 2. The van der Waals surface area contributed by atoms with Crippen LogP contribution in [0, 0.1) is 0 Å². The van der Waals surface area contributed by atoms with E-state index in [0.717, 1.165) is 5.69 Å². The molecule has 0 saturated heterocycles. The maximum atomic E-state index is 12.5. The van der Waals surface area contributed by atoms with Gasteiger partial charge in [-0.3, -0.25) is 9.59 Å². The minimum atomic E-state index is -0.255. The quantitative estimate of drug-likeness (QED) is 0.367. The summed E-state index contributed by atoms with van der Waals surface area (Å²) in [6, 6.07) is 12.7. The molecule has 7 nitrogen and oxygen atoms in total. The van der Waals surface area contributed by atoms with Crippen LogP contribution in [0.25, 0.3) is 0 Å². The first kappa shape index (κ1) is 25.1. The van der Waals surface area contributed by atoms with Crippen LogP contribution >= 0.6 is 35.0 Å². The first-order valence-electron chi connectivity index (χ1n) is 10.5. The van der Waals surface area contributed by atoms with Crippen molar-refractivity contribution in [2.45, 2.75) is 44.8 Å². The van der Waals surface area contributed by atoms with Crippen LogP contribution in [0.2, 0.25) is 10.0 Å². The summed E-state index contributed by atoms with van der Waals surface area (Å²) in [5.74, 6) is 0.740. The van der Waals surface area contributed by atoms with Crippen LogP contribution in [-0.4, -0.2) is 32.3 Å². The summed E-state index contributed by atoms with van der Waals surface area (Å²) in [5, 5.41) is 15.3. The van der Waals surface area contributed by atoms with Gasteiger partial charge in [0.05, 0.1) is 22.2 Å². The van der Waals surface area contributed by atoms with Crippen molar-refractivity contribution in [2.24, 2.45) is 0 Å². The van der Waals surface area contributed by atoms with Gasteiger partial charge in [0, 0.05) is 17.9 Å². The molecule has 0 spiro atoms. The number of carbonyl (C=O) groups is 2. The Bertz CT molecular complexity index is 1130. The number of rotatable bonds is 9. The Balaban J connectivity index is 1.56. The number of thioether (sulfide) groups is 1. The summed E-state index contributed by atoms with van der Waals surface area (Å²) in [5.41, 5.74) is 2.51. The summed E-state index contributed by atoms with van der Waals surface area (Å²) in [7, 11) is 0. The minimum Gasteiger partial charge on any atom is -0.326 e. The summed E-state index contributed by atoms with van der Waals surface area (Å²) in [4.78, 5) is 24.8. The van der Waals surface area contributed by atoms with E-state index in [1.165, 1.54) is 17.3 Å². The van der Waals surface area contributed by atoms with Gasteiger partial charge in [0.15, 0.2) is 5.16 Å². The van der Waals surface area contributed by atoms with Gasteiger partial charge in [0.1, 0.15) is 5.82 Å². The Hall–Kier alpha value is -2.55. The van der Waals surface area contributed by atoms with Gasteiger partial charge in [-0.15, -0.1) is 10.2 Å². The van der Waals surface area contributed by atoms with Crippen LogP contribution in [0.5, 0.6) is 0 Å². The Morgan fingerprint density at radius 3 is 2.27 bits per heavy atom. The van der Waals surface area contributed by atoms with E-state index in [9.17, 15) is 9.59 Å². The van der Waals surface area contributed by atoms with Gasteiger partial charge < -0.3 is 15.2 Å². The zero-order valence-corrected chi connectivity index (χ0v) is 20.9. The highest BCUT2D eigenvalue weighted by atomic mass is 35.5. The third kappa shape index (κ3) is 6.96. The van der Waals surface area contributed by atoms with E-state index in [2.05, 4.69) is 34.7 Å².